The van der Waals surface area contributed by atoms with Crippen molar-refractivity contribution in [3.63, 3.8) is 0 Å². The summed E-state index contributed by atoms with van der Waals surface area (Å²) in [6.07, 6.45) is 6.43. The van der Waals surface area contributed by atoms with E-state index in [4.69, 9.17) is 9.84 Å². The molecule has 0 aromatic carbocycles. The Bertz CT molecular complexity index is 297. The largest absolute Gasteiger partial charge is 0.481 e. The van der Waals surface area contributed by atoms with Crippen molar-refractivity contribution in [1.29, 1.82) is 0 Å². The molecule has 0 aliphatic rings. The van der Waals surface area contributed by atoms with Gasteiger partial charge in [0.15, 0.2) is 0 Å². The van der Waals surface area contributed by atoms with Gasteiger partial charge in [-0.3, -0.25) is 4.79 Å². The Morgan fingerprint density at radius 1 is 1.26 bits per heavy atom. The summed E-state index contributed by atoms with van der Waals surface area (Å²) in [5, 5.41) is 8.44. The van der Waals surface area contributed by atoms with E-state index in [1.54, 1.807) is 0 Å². The Morgan fingerprint density at radius 2 is 1.95 bits per heavy atom. The molecule has 4 heteroatoms. The number of rotatable bonds is 11. The lowest BCUT2D eigenvalue weighted by Gasteiger charge is -2.12. The number of unbranched alkanes of at least 4 members (excludes halogenated alkanes) is 3. The predicted molar refractivity (Wildman–Crippen MR) is 74.9 cm³/mol. The van der Waals surface area contributed by atoms with Gasteiger partial charge in [-0.1, -0.05) is 52.5 Å². The lowest BCUT2D eigenvalue weighted by molar-refractivity contribution is -0.143. The van der Waals surface area contributed by atoms with Crippen LogP contribution in [0.5, 0.6) is 0 Å². The molecule has 0 rings (SSSR count). The second-order valence-electron chi connectivity index (χ2n) is 5.04. The molecular weight excluding hydrogens is 244 g/mol. The van der Waals surface area contributed by atoms with E-state index >= 15 is 0 Å². The van der Waals surface area contributed by atoms with Crippen LogP contribution in [0.1, 0.15) is 58.8 Å². The summed E-state index contributed by atoms with van der Waals surface area (Å²) in [5.74, 6) is -1.03. The minimum Gasteiger partial charge on any atom is -0.481 e. The fourth-order valence-electron chi connectivity index (χ4n) is 1.86. The maximum atomic E-state index is 11.5. The smallest absolute Gasteiger partial charge is 0.333 e. The van der Waals surface area contributed by atoms with Gasteiger partial charge >= 0.3 is 11.9 Å². The summed E-state index contributed by atoms with van der Waals surface area (Å²) in [5.41, 5.74) is 0.438. The van der Waals surface area contributed by atoms with Crippen molar-refractivity contribution in [2.75, 3.05) is 6.61 Å². The van der Waals surface area contributed by atoms with Crippen molar-refractivity contribution < 1.29 is 19.4 Å². The van der Waals surface area contributed by atoms with Crippen LogP contribution in [0.25, 0.3) is 0 Å². The third-order valence-corrected chi connectivity index (χ3v) is 2.98. The summed E-state index contributed by atoms with van der Waals surface area (Å²) in [4.78, 5) is 21.8. The van der Waals surface area contributed by atoms with Gasteiger partial charge in [0, 0.05) is 5.57 Å². The van der Waals surface area contributed by atoms with Crippen LogP contribution in [0.3, 0.4) is 0 Å². The summed E-state index contributed by atoms with van der Waals surface area (Å²) in [6, 6.07) is 0. The molecule has 0 heterocycles. The highest BCUT2D eigenvalue weighted by Crippen LogP contribution is 2.18. The van der Waals surface area contributed by atoms with Crippen LogP contribution in [0.15, 0.2) is 12.2 Å². The molecule has 0 aromatic heterocycles. The van der Waals surface area contributed by atoms with Gasteiger partial charge in [-0.2, -0.15) is 0 Å². The lowest BCUT2D eigenvalue weighted by Crippen LogP contribution is -2.12. The average Bonchev–Trinajstić information content (AvgIpc) is 2.34. The molecule has 0 aliphatic heterocycles. The molecule has 0 spiro atoms. The molecule has 0 aromatic rings. The summed E-state index contributed by atoms with van der Waals surface area (Å²) >= 11 is 0. The van der Waals surface area contributed by atoms with Gasteiger partial charge in [-0.05, 0) is 12.3 Å². The first kappa shape index (κ1) is 17.7. The molecular formula is C15H26O4. The molecule has 19 heavy (non-hydrogen) atoms. The lowest BCUT2D eigenvalue weighted by atomic mass is 9.96. The fourth-order valence-corrected chi connectivity index (χ4v) is 1.86. The van der Waals surface area contributed by atoms with E-state index in [1.807, 2.05) is 0 Å². The van der Waals surface area contributed by atoms with E-state index < -0.39 is 11.9 Å². The number of hydrogen-bond acceptors (Lipinski definition) is 3. The number of ether oxygens (including phenoxy) is 1. The monoisotopic (exact) mass is 270 g/mol. The summed E-state index contributed by atoms with van der Waals surface area (Å²) < 4.78 is 4.84. The Kier molecular flexibility index (Phi) is 9.85. The Balaban J connectivity index is 3.75. The van der Waals surface area contributed by atoms with Gasteiger partial charge in [0.1, 0.15) is 6.61 Å². The third-order valence-electron chi connectivity index (χ3n) is 2.98. The highest BCUT2D eigenvalue weighted by atomic mass is 16.5. The zero-order valence-electron chi connectivity index (χ0n) is 12.1. The van der Waals surface area contributed by atoms with Crippen molar-refractivity contribution in [3.8, 4) is 0 Å². The molecule has 0 aliphatic carbocycles. The van der Waals surface area contributed by atoms with Crippen molar-refractivity contribution in [2.24, 2.45) is 5.92 Å². The van der Waals surface area contributed by atoms with Crippen LogP contribution in [0.4, 0.5) is 0 Å². The van der Waals surface area contributed by atoms with Gasteiger partial charge < -0.3 is 9.84 Å². The highest BCUT2D eigenvalue weighted by molar-refractivity contribution is 5.87. The second-order valence-corrected chi connectivity index (χ2v) is 5.04. The standard InChI is InChI=1S/C15H26O4/c1-4-5-6-7-8-12(2)11-13(3)15(18)19-10-9-14(16)17/h12H,3-11H2,1-2H3,(H,16,17). The molecule has 0 radical (unpaired) electrons. The number of hydrogen-bond donors (Lipinski definition) is 1. The molecule has 0 bridgehead atoms. The number of esters is 1. The van der Waals surface area contributed by atoms with Crippen LogP contribution in [0, 0.1) is 5.92 Å². The maximum Gasteiger partial charge on any atom is 0.333 e. The van der Waals surface area contributed by atoms with E-state index in [2.05, 4.69) is 20.4 Å². The Morgan fingerprint density at radius 3 is 2.53 bits per heavy atom. The van der Waals surface area contributed by atoms with Gasteiger partial charge in [0.05, 0.1) is 6.42 Å². The number of carbonyl (C=O) groups is 2. The van der Waals surface area contributed by atoms with Gasteiger partial charge in [0.25, 0.3) is 0 Å². The second kappa shape index (κ2) is 10.6. The van der Waals surface area contributed by atoms with Crippen molar-refractivity contribution in [1.82, 2.24) is 0 Å². The first-order valence-electron chi connectivity index (χ1n) is 7.04. The minimum absolute atomic E-state index is 0.0853. The molecule has 4 nitrogen and oxygen atoms in total. The van der Waals surface area contributed by atoms with E-state index in [9.17, 15) is 9.59 Å². The average molecular weight is 270 g/mol. The van der Waals surface area contributed by atoms with E-state index in [0.717, 1.165) is 6.42 Å². The number of carboxylic acid groups (broad SMARTS) is 1. The van der Waals surface area contributed by atoms with Crippen LogP contribution in [-0.2, 0) is 14.3 Å². The summed E-state index contributed by atoms with van der Waals surface area (Å²) in [6.45, 7) is 7.91. The van der Waals surface area contributed by atoms with Crippen molar-refractivity contribution >= 4 is 11.9 Å². The Labute approximate surface area is 115 Å². The normalized spacial score (nSPS) is 11.9. The minimum atomic E-state index is -0.970. The molecule has 1 atom stereocenters. The van der Waals surface area contributed by atoms with Gasteiger partial charge in [-0.15, -0.1) is 0 Å². The molecule has 0 amide bonds. The fraction of sp³-hybridized carbons (Fsp3) is 0.733. The van der Waals surface area contributed by atoms with Crippen LogP contribution >= 0.6 is 0 Å². The van der Waals surface area contributed by atoms with Crippen LogP contribution in [0.2, 0.25) is 0 Å². The topological polar surface area (TPSA) is 63.6 Å². The molecule has 0 fully saturated rings. The zero-order chi connectivity index (χ0) is 14.7. The molecule has 0 saturated carbocycles. The molecule has 1 unspecified atom stereocenters. The first-order valence-corrected chi connectivity index (χ1v) is 7.04. The summed E-state index contributed by atoms with van der Waals surface area (Å²) in [7, 11) is 0. The molecule has 0 saturated heterocycles. The zero-order valence-corrected chi connectivity index (χ0v) is 12.1. The Hall–Kier alpha value is -1.32. The maximum absolute atomic E-state index is 11.5. The highest BCUT2D eigenvalue weighted by Gasteiger charge is 2.13. The quantitative estimate of drug-likeness (QED) is 0.354. The molecule has 1 N–H and O–H groups in total. The number of carboxylic acids is 1. The van der Waals surface area contributed by atoms with E-state index in [-0.39, 0.29) is 13.0 Å². The predicted octanol–water partition coefficient (Wildman–Crippen LogP) is 3.56. The van der Waals surface area contributed by atoms with Crippen LogP contribution < -0.4 is 0 Å². The van der Waals surface area contributed by atoms with Crippen molar-refractivity contribution in [2.45, 2.75) is 58.8 Å². The van der Waals surface area contributed by atoms with Gasteiger partial charge in [0.2, 0.25) is 0 Å². The third kappa shape index (κ3) is 10.3. The number of aliphatic carboxylic acids is 1. The van der Waals surface area contributed by atoms with Crippen molar-refractivity contribution in [3.05, 3.63) is 12.2 Å². The van der Waals surface area contributed by atoms with Crippen LogP contribution in [-0.4, -0.2) is 23.7 Å². The number of carbonyl (C=O) groups excluding carboxylic acids is 1. The van der Waals surface area contributed by atoms with E-state index in [0.29, 0.717) is 17.9 Å². The first-order chi connectivity index (χ1) is 8.97. The van der Waals surface area contributed by atoms with Gasteiger partial charge in [-0.25, -0.2) is 4.79 Å². The molecule has 110 valence electrons. The van der Waals surface area contributed by atoms with E-state index in [1.165, 1.54) is 25.7 Å². The SMILES string of the molecule is C=C(CC(C)CCCCCC)C(=O)OCCC(=O)O.